The normalized spacial score (nSPS) is 22.8. The summed E-state index contributed by atoms with van der Waals surface area (Å²) >= 11 is 0. The van der Waals surface area contributed by atoms with E-state index in [1.54, 1.807) is 0 Å². The van der Waals surface area contributed by atoms with E-state index in [0.717, 1.165) is 38.2 Å². The number of guanidine groups is 1. The van der Waals surface area contributed by atoms with Crippen LogP contribution in [0.25, 0.3) is 0 Å². The number of carbonyl (C=O) groups is 1. The zero-order chi connectivity index (χ0) is 22.3. The van der Waals surface area contributed by atoms with Crippen molar-refractivity contribution in [1.29, 1.82) is 0 Å². The van der Waals surface area contributed by atoms with Crippen molar-refractivity contribution < 1.29 is 14.3 Å². The van der Waals surface area contributed by atoms with Gasteiger partial charge in [-0.15, -0.1) is 24.0 Å². The fourth-order valence-electron chi connectivity index (χ4n) is 4.41. The molecule has 0 aliphatic carbocycles. The maximum absolute atomic E-state index is 12.6. The number of piperidine rings is 1. The quantitative estimate of drug-likeness (QED) is 0.226. The first kappa shape index (κ1) is 26.7. The van der Waals surface area contributed by atoms with E-state index in [-0.39, 0.29) is 42.2 Å². The van der Waals surface area contributed by atoms with E-state index in [1.807, 2.05) is 43.9 Å². The molecule has 2 fully saturated rings. The highest BCUT2D eigenvalue weighted by Gasteiger charge is 2.45. The van der Waals surface area contributed by atoms with Gasteiger partial charge in [0.15, 0.2) is 5.96 Å². The second kappa shape index (κ2) is 12.6. The van der Waals surface area contributed by atoms with Crippen LogP contribution < -0.4 is 10.6 Å². The van der Waals surface area contributed by atoms with Gasteiger partial charge in [-0.25, -0.2) is 4.79 Å². The Labute approximate surface area is 209 Å². The molecule has 8 heteroatoms. The predicted molar refractivity (Wildman–Crippen MR) is 139 cm³/mol. The summed E-state index contributed by atoms with van der Waals surface area (Å²) in [5.74, 6) is 0.820. The Bertz CT molecular complexity index is 725. The molecule has 0 saturated carbocycles. The minimum Gasteiger partial charge on any atom is -0.444 e. The van der Waals surface area contributed by atoms with Crippen molar-refractivity contribution in [2.75, 3.05) is 19.7 Å². The van der Waals surface area contributed by atoms with Crippen molar-refractivity contribution in [2.24, 2.45) is 4.99 Å². The van der Waals surface area contributed by atoms with Gasteiger partial charge < -0.3 is 25.0 Å². The van der Waals surface area contributed by atoms with Crippen LogP contribution in [0.2, 0.25) is 0 Å². The zero-order valence-corrected chi connectivity index (χ0v) is 22.1. The molecule has 32 heavy (non-hydrogen) atoms. The average molecular weight is 559 g/mol. The summed E-state index contributed by atoms with van der Waals surface area (Å²) in [6, 6.07) is 11.0. The summed E-state index contributed by atoms with van der Waals surface area (Å²) in [6.07, 6.45) is 3.76. The molecule has 180 valence electrons. The number of hydrogen-bond donors (Lipinski definition) is 2. The van der Waals surface area contributed by atoms with Gasteiger partial charge in [0.25, 0.3) is 0 Å². The van der Waals surface area contributed by atoms with E-state index >= 15 is 0 Å². The number of benzene rings is 1. The molecule has 1 aromatic carbocycles. The van der Waals surface area contributed by atoms with Gasteiger partial charge in [-0.1, -0.05) is 30.3 Å². The number of aliphatic imine (C=N–C) groups is 1. The highest BCUT2D eigenvalue weighted by molar-refractivity contribution is 14.0. The van der Waals surface area contributed by atoms with Gasteiger partial charge >= 0.3 is 6.09 Å². The molecule has 3 rings (SSSR count). The molecule has 0 spiro atoms. The van der Waals surface area contributed by atoms with Crippen molar-refractivity contribution in [3.05, 3.63) is 35.9 Å². The highest BCUT2D eigenvalue weighted by atomic mass is 127. The lowest BCUT2D eigenvalue weighted by Crippen LogP contribution is -2.55. The van der Waals surface area contributed by atoms with Gasteiger partial charge in [0.2, 0.25) is 0 Å². The lowest BCUT2D eigenvalue weighted by Gasteiger charge is -2.40. The van der Waals surface area contributed by atoms with Crippen LogP contribution in [0.3, 0.4) is 0 Å². The van der Waals surface area contributed by atoms with Crippen LogP contribution in [0.5, 0.6) is 0 Å². The molecule has 2 aliphatic rings. The second-order valence-corrected chi connectivity index (χ2v) is 9.38. The first-order chi connectivity index (χ1) is 14.9. The summed E-state index contributed by atoms with van der Waals surface area (Å²) in [4.78, 5) is 19.3. The first-order valence-corrected chi connectivity index (χ1v) is 11.5. The summed E-state index contributed by atoms with van der Waals surface area (Å²) in [5, 5.41) is 6.91. The number of carbonyl (C=O) groups excluding carboxylic acids is 1. The summed E-state index contributed by atoms with van der Waals surface area (Å²) in [5.41, 5.74) is 0.711. The molecule has 2 bridgehead atoms. The third-order valence-electron chi connectivity index (χ3n) is 5.64. The van der Waals surface area contributed by atoms with Crippen molar-refractivity contribution in [3.8, 4) is 0 Å². The van der Waals surface area contributed by atoms with Gasteiger partial charge in [0.05, 0.1) is 19.8 Å². The van der Waals surface area contributed by atoms with Crippen molar-refractivity contribution in [1.82, 2.24) is 15.5 Å². The molecule has 2 saturated heterocycles. The van der Waals surface area contributed by atoms with Crippen molar-refractivity contribution in [3.63, 3.8) is 0 Å². The van der Waals surface area contributed by atoms with E-state index in [9.17, 15) is 4.79 Å². The number of halogens is 1. The molecule has 1 aromatic rings. The van der Waals surface area contributed by atoms with Gasteiger partial charge in [-0.05, 0) is 58.9 Å². The minimum absolute atomic E-state index is 0. The Hall–Kier alpha value is -1.55. The van der Waals surface area contributed by atoms with Crippen LogP contribution in [0, 0.1) is 0 Å². The van der Waals surface area contributed by atoms with Crippen LogP contribution >= 0.6 is 24.0 Å². The van der Waals surface area contributed by atoms with E-state index < -0.39 is 5.60 Å². The Morgan fingerprint density at radius 1 is 1.16 bits per heavy atom. The molecule has 2 aliphatic heterocycles. The minimum atomic E-state index is -0.459. The number of hydrogen-bond acceptors (Lipinski definition) is 4. The third-order valence-corrected chi connectivity index (χ3v) is 5.64. The number of fused-ring (bicyclic) bond motifs is 2. The topological polar surface area (TPSA) is 75.2 Å². The third kappa shape index (κ3) is 8.10. The Kier molecular flexibility index (Phi) is 10.5. The van der Waals surface area contributed by atoms with Crippen molar-refractivity contribution >= 4 is 36.0 Å². The smallest absolute Gasteiger partial charge is 0.410 e. The standard InChI is InChI=1S/C24H38N4O3.HI/c1-5-25-22(26-13-14-30-17-18-9-7-6-8-10-18)27-19-15-20-11-12-21(16-19)28(20)23(29)31-24(2,3)4;/h6-10,19-21H,5,11-17H2,1-4H3,(H2,25,26,27);1H. The maximum Gasteiger partial charge on any atom is 0.410 e. The summed E-state index contributed by atoms with van der Waals surface area (Å²) < 4.78 is 11.4. The summed E-state index contributed by atoms with van der Waals surface area (Å²) in [6.45, 7) is 10.4. The van der Waals surface area contributed by atoms with Gasteiger partial charge in [-0.2, -0.15) is 0 Å². The fourth-order valence-corrected chi connectivity index (χ4v) is 4.41. The van der Waals surface area contributed by atoms with E-state index in [1.165, 1.54) is 5.56 Å². The predicted octanol–water partition coefficient (Wildman–Crippen LogP) is 4.31. The Morgan fingerprint density at radius 3 is 2.41 bits per heavy atom. The van der Waals surface area contributed by atoms with Crippen molar-refractivity contribution in [2.45, 2.75) is 83.7 Å². The molecule has 2 unspecified atom stereocenters. The Morgan fingerprint density at radius 2 is 1.81 bits per heavy atom. The molecule has 7 nitrogen and oxygen atoms in total. The van der Waals surface area contributed by atoms with Gasteiger partial charge in [0, 0.05) is 24.7 Å². The average Bonchev–Trinajstić information content (AvgIpc) is 2.98. The molecule has 2 atom stereocenters. The lowest BCUT2D eigenvalue weighted by atomic mass is 9.98. The lowest BCUT2D eigenvalue weighted by molar-refractivity contribution is 0.00544. The van der Waals surface area contributed by atoms with Crippen LogP contribution in [-0.4, -0.2) is 60.4 Å². The molecular weight excluding hydrogens is 519 g/mol. The monoisotopic (exact) mass is 558 g/mol. The maximum atomic E-state index is 12.6. The van der Waals surface area contributed by atoms with E-state index in [2.05, 4.69) is 34.7 Å². The second-order valence-electron chi connectivity index (χ2n) is 9.38. The highest BCUT2D eigenvalue weighted by Crippen LogP contribution is 2.36. The largest absolute Gasteiger partial charge is 0.444 e. The van der Waals surface area contributed by atoms with E-state index in [4.69, 9.17) is 9.47 Å². The molecule has 0 aromatic heterocycles. The SMILES string of the molecule is CCNC(=NCCOCc1ccccc1)NC1CC2CCC(C1)N2C(=O)OC(C)(C)C.I. The molecule has 2 N–H and O–H groups in total. The molecule has 0 radical (unpaired) electrons. The number of nitrogens with one attached hydrogen (secondary N) is 2. The van der Waals surface area contributed by atoms with Crippen LogP contribution in [0.15, 0.2) is 35.3 Å². The number of amides is 1. The van der Waals surface area contributed by atoms with Gasteiger partial charge in [0.1, 0.15) is 5.60 Å². The van der Waals surface area contributed by atoms with E-state index in [0.29, 0.717) is 25.8 Å². The van der Waals surface area contributed by atoms with Crippen LogP contribution in [-0.2, 0) is 16.1 Å². The number of rotatable bonds is 7. The number of ether oxygens (including phenoxy) is 2. The fraction of sp³-hybridized carbons (Fsp3) is 0.667. The number of nitrogens with zero attached hydrogens (tertiary/aromatic N) is 2. The Balaban J connectivity index is 0.00000363. The van der Waals surface area contributed by atoms with Gasteiger partial charge in [-0.3, -0.25) is 4.99 Å². The molecular formula is C24H39IN4O3. The molecule has 1 amide bonds. The summed E-state index contributed by atoms with van der Waals surface area (Å²) in [7, 11) is 0. The van der Waals surface area contributed by atoms with Crippen LogP contribution in [0.4, 0.5) is 4.79 Å². The molecule has 2 heterocycles. The zero-order valence-electron chi connectivity index (χ0n) is 19.8. The first-order valence-electron chi connectivity index (χ1n) is 11.5. The van der Waals surface area contributed by atoms with Crippen LogP contribution in [0.1, 0.15) is 58.9 Å².